The highest BCUT2D eigenvalue weighted by molar-refractivity contribution is 9.10. The van der Waals surface area contributed by atoms with E-state index in [1.54, 1.807) is 6.92 Å². The molecule has 1 aromatic carbocycles. The summed E-state index contributed by atoms with van der Waals surface area (Å²) in [6.45, 7) is 1.79. The third-order valence-electron chi connectivity index (χ3n) is 2.60. The standard InChI is InChI=1S/C12H10BrClF2N2O2/c1-2-20-9(19)5-18-4-6-7(13)3-8(14)10(12(15)16)11(6)17-18/h3-4,12H,2,5H2,1H3. The summed E-state index contributed by atoms with van der Waals surface area (Å²) in [5, 5.41) is 4.40. The van der Waals surface area contributed by atoms with E-state index in [1.807, 2.05) is 0 Å². The average molecular weight is 368 g/mol. The number of hydrogen-bond donors (Lipinski definition) is 0. The Balaban J connectivity index is 2.49. The van der Waals surface area contributed by atoms with Gasteiger partial charge in [-0.05, 0) is 28.9 Å². The second kappa shape index (κ2) is 6.05. The summed E-state index contributed by atoms with van der Waals surface area (Å²) < 4.78 is 32.7. The fraction of sp³-hybridized carbons (Fsp3) is 0.333. The third kappa shape index (κ3) is 2.93. The molecule has 0 radical (unpaired) electrons. The van der Waals surface area contributed by atoms with Crippen LogP contribution in [0, 0.1) is 0 Å². The highest BCUT2D eigenvalue weighted by Gasteiger charge is 2.21. The van der Waals surface area contributed by atoms with Crippen molar-refractivity contribution >= 4 is 44.4 Å². The summed E-state index contributed by atoms with van der Waals surface area (Å²) in [4.78, 5) is 11.4. The minimum atomic E-state index is -2.75. The van der Waals surface area contributed by atoms with Crippen molar-refractivity contribution in [3.63, 3.8) is 0 Å². The Kier molecular flexibility index (Phi) is 4.59. The van der Waals surface area contributed by atoms with Gasteiger partial charge in [-0.2, -0.15) is 5.10 Å². The average Bonchev–Trinajstić information content (AvgIpc) is 2.72. The van der Waals surface area contributed by atoms with Crippen molar-refractivity contribution in [3.05, 3.63) is 27.3 Å². The second-order valence-electron chi connectivity index (χ2n) is 3.95. The number of fused-ring (bicyclic) bond motifs is 1. The molecule has 4 nitrogen and oxygen atoms in total. The largest absolute Gasteiger partial charge is 0.465 e. The topological polar surface area (TPSA) is 44.1 Å². The first kappa shape index (κ1) is 15.2. The molecule has 0 aliphatic heterocycles. The van der Waals surface area contributed by atoms with Gasteiger partial charge in [0, 0.05) is 16.1 Å². The van der Waals surface area contributed by atoms with E-state index < -0.39 is 12.4 Å². The lowest BCUT2D eigenvalue weighted by molar-refractivity contribution is -0.144. The molecule has 8 heteroatoms. The van der Waals surface area contributed by atoms with Gasteiger partial charge in [0.1, 0.15) is 12.1 Å². The van der Waals surface area contributed by atoms with Gasteiger partial charge in [-0.15, -0.1) is 0 Å². The summed E-state index contributed by atoms with van der Waals surface area (Å²) in [7, 11) is 0. The highest BCUT2D eigenvalue weighted by atomic mass is 79.9. The third-order valence-corrected chi connectivity index (χ3v) is 3.57. The number of alkyl halides is 2. The van der Waals surface area contributed by atoms with Crippen molar-refractivity contribution in [1.82, 2.24) is 9.78 Å². The normalized spacial score (nSPS) is 11.3. The summed E-state index contributed by atoms with van der Waals surface area (Å²) in [5.41, 5.74) is -0.267. The van der Waals surface area contributed by atoms with Gasteiger partial charge in [0.15, 0.2) is 0 Å². The Labute approximate surface area is 126 Å². The molecule has 0 aliphatic rings. The predicted octanol–water partition coefficient (Wildman–Crippen LogP) is 3.95. The Hall–Kier alpha value is -1.21. The van der Waals surface area contributed by atoms with E-state index in [9.17, 15) is 13.6 Å². The van der Waals surface area contributed by atoms with E-state index in [-0.39, 0.29) is 29.3 Å². The van der Waals surface area contributed by atoms with Crippen LogP contribution in [0.2, 0.25) is 5.02 Å². The summed E-state index contributed by atoms with van der Waals surface area (Å²) in [6.07, 6.45) is -1.25. The SMILES string of the molecule is CCOC(=O)Cn1cc2c(Br)cc(Cl)c(C(F)F)c2n1. The van der Waals surface area contributed by atoms with Crippen molar-refractivity contribution < 1.29 is 18.3 Å². The first-order valence-electron chi connectivity index (χ1n) is 5.72. The number of esters is 1. The minimum Gasteiger partial charge on any atom is -0.465 e. The number of rotatable bonds is 4. The molecule has 0 saturated carbocycles. The molecular weight excluding hydrogens is 357 g/mol. The fourth-order valence-electron chi connectivity index (χ4n) is 1.80. The van der Waals surface area contributed by atoms with E-state index in [0.29, 0.717) is 9.86 Å². The van der Waals surface area contributed by atoms with E-state index in [0.717, 1.165) is 0 Å². The zero-order chi connectivity index (χ0) is 14.9. The van der Waals surface area contributed by atoms with Crippen LogP contribution < -0.4 is 0 Å². The Morgan fingerprint density at radius 2 is 2.30 bits per heavy atom. The van der Waals surface area contributed by atoms with Gasteiger partial charge in [-0.3, -0.25) is 9.48 Å². The molecule has 20 heavy (non-hydrogen) atoms. The quantitative estimate of drug-likeness (QED) is 0.769. The molecule has 2 rings (SSSR count). The van der Waals surface area contributed by atoms with Gasteiger partial charge in [0.05, 0.1) is 17.2 Å². The molecule has 0 amide bonds. The molecule has 1 heterocycles. The van der Waals surface area contributed by atoms with E-state index in [4.69, 9.17) is 16.3 Å². The zero-order valence-corrected chi connectivity index (χ0v) is 12.7. The highest BCUT2D eigenvalue weighted by Crippen LogP contribution is 2.37. The van der Waals surface area contributed by atoms with Gasteiger partial charge in [0.25, 0.3) is 6.43 Å². The van der Waals surface area contributed by atoms with Crippen LogP contribution in [0.25, 0.3) is 10.9 Å². The molecule has 0 bridgehead atoms. The Morgan fingerprint density at radius 1 is 1.60 bits per heavy atom. The van der Waals surface area contributed by atoms with Gasteiger partial charge >= 0.3 is 5.97 Å². The van der Waals surface area contributed by atoms with Gasteiger partial charge in [-0.1, -0.05) is 11.6 Å². The van der Waals surface area contributed by atoms with E-state index >= 15 is 0 Å². The molecule has 0 atom stereocenters. The number of hydrogen-bond acceptors (Lipinski definition) is 3. The van der Waals surface area contributed by atoms with E-state index in [2.05, 4.69) is 21.0 Å². The van der Waals surface area contributed by atoms with Crippen LogP contribution in [0.1, 0.15) is 18.9 Å². The molecule has 0 spiro atoms. The number of benzene rings is 1. The van der Waals surface area contributed by atoms with Crippen molar-refractivity contribution in [1.29, 1.82) is 0 Å². The van der Waals surface area contributed by atoms with Crippen LogP contribution in [0.3, 0.4) is 0 Å². The minimum absolute atomic E-state index is 0.0687. The maximum Gasteiger partial charge on any atom is 0.327 e. The van der Waals surface area contributed by atoms with Crippen LogP contribution >= 0.6 is 27.5 Å². The lowest BCUT2D eigenvalue weighted by Gasteiger charge is -2.04. The summed E-state index contributed by atoms with van der Waals surface area (Å²) >= 11 is 9.06. The molecule has 0 N–H and O–H groups in total. The molecular formula is C12H10BrClF2N2O2. The van der Waals surface area contributed by atoms with Gasteiger partial charge in [0.2, 0.25) is 0 Å². The molecule has 0 saturated heterocycles. The zero-order valence-electron chi connectivity index (χ0n) is 10.4. The van der Waals surface area contributed by atoms with Gasteiger partial charge < -0.3 is 4.74 Å². The number of carbonyl (C=O) groups is 1. The first-order valence-corrected chi connectivity index (χ1v) is 6.90. The van der Waals surface area contributed by atoms with Crippen molar-refractivity contribution in [3.8, 4) is 0 Å². The number of halogens is 4. The lowest BCUT2D eigenvalue weighted by atomic mass is 10.1. The lowest BCUT2D eigenvalue weighted by Crippen LogP contribution is -2.13. The van der Waals surface area contributed by atoms with Crippen LogP contribution in [0.15, 0.2) is 16.7 Å². The van der Waals surface area contributed by atoms with Crippen LogP contribution in [-0.2, 0) is 16.1 Å². The number of nitrogens with zero attached hydrogens (tertiary/aromatic N) is 2. The molecule has 1 aromatic heterocycles. The van der Waals surface area contributed by atoms with Crippen LogP contribution in [-0.4, -0.2) is 22.4 Å². The maximum absolute atomic E-state index is 13.0. The van der Waals surface area contributed by atoms with Crippen molar-refractivity contribution in [2.45, 2.75) is 19.9 Å². The Morgan fingerprint density at radius 3 is 2.90 bits per heavy atom. The maximum atomic E-state index is 13.0. The molecule has 2 aromatic rings. The second-order valence-corrected chi connectivity index (χ2v) is 5.21. The molecule has 0 aliphatic carbocycles. The molecule has 0 fully saturated rings. The number of aromatic nitrogens is 2. The van der Waals surface area contributed by atoms with Gasteiger partial charge in [-0.25, -0.2) is 8.78 Å². The van der Waals surface area contributed by atoms with Crippen LogP contribution in [0.4, 0.5) is 8.78 Å². The van der Waals surface area contributed by atoms with E-state index in [1.165, 1.54) is 16.9 Å². The summed E-state index contributed by atoms with van der Waals surface area (Å²) in [6, 6.07) is 1.39. The van der Waals surface area contributed by atoms with Crippen LogP contribution in [0.5, 0.6) is 0 Å². The fourth-order valence-corrected chi connectivity index (χ4v) is 2.73. The Bertz CT molecular complexity index is 660. The number of carbonyl (C=O) groups excluding carboxylic acids is 1. The van der Waals surface area contributed by atoms with Crippen molar-refractivity contribution in [2.75, 3.05) is 6.61 Å². The smallest absolute Gasteiger partial charge is 0.327 e. The monoisotopic (exact) mass is 366 g/mol. The first-order chi connectivity index (χ1) is 9.43. The molecule has 108 valence electrons. The summed E-state index contributed by atoms with van der Waals surface area (Å²) in [5.74, 6) is -0.485. The number of ether oxygens (including phenoxy) is 1. The molecule has 0 unspecified atom stereocenters. The van der Waals surface area contributed by atoms with Crippen molar-refractivity contribution in [2.24, 2.45) is 0 Å². The predicted molar refractivity (Wildman–Crippen MR) is 74.0 cm³/mol.